The lowest BCUT2D eigenvalue weighted by atomic mass is 9.84. The number of benzene rings is 1. The SMILES string of the molecule is COc1ccc(NS(=O)(=O)c2cc3c(s2)CCN(C(=O)C2CCC2)C3)cc1Cl. The Bertz CT molecular complexity index is 1010. The summed E-state index contributed by atoms with van der Waals surface area (Å²) < 4.78 is 33.5. The van der Waals surface area contributed by atoms with Crippen LogP contribution in [0.25, 0.3) is 0 Å². The van der Waals surface area contributed by atoms with E-state index < -0.39 is 10.0 Å². The molecule has 2 heterocycles. The first-order chi connectivity index (χ1) is 13.4. The van der Waals surface area contributed by atoms with E-state index in [-0.39, 0.29) is 16.0 Å². The van der Waals surface area contributed by atoms with E-state index in [0.717, 1.165) is 29.7 Å². The number of ether oxygens (including phenoxy) is 1. The molecule has 1 aliphatic heterocycles. The van der Waals surface area contributed by atoms with Crippen molar-refractivity contribution in [3.8, 4) is 5.75 Å². The van der Waals surface area contributed by atoms with E-state index in [1.54, 1.807) is 18.2 Å². The third-order valence-corrected chi connectivity index (χ3v) is 8.67. The lowest BCUT2D eigenvalue weighted by Gasteiger charge is -2.33. The van der Waals surface area contributed by atoms with Gasteiger partial charge < -0.3 is 9.64 Å². The Morgan fingerprint density at radius 3 is 2.75 bits per heavy atom. The molecule has 0 bridgehead atoms. The highest BCUT2D eigenvalue weighted by atomic mass is 35.5. The van der Waals surface area contributed by atoms with Gasteiger partial charge in [-0.1, -0.05) is 18.0 Å². The summed E-state index contributed by atoms with van der Waals surface area (Å²) in [6.45, 7) is 1.15. The number of methoxy groups -OCH3 is 1. The molecule has 2 aromatic rings. The van der Waals surface area contributed by atoms with E-state index in [1.165, 1.54) is 24.5 Å². The van der Waals surface area contributed by atoms with Crippen LogP contribution in [0.1, 0.15) is 29.7 Å². The zero-order valence-electron chi connectivity index (χ0n) is 15.4. The number of sulfonamides is 1. The van der Waals surface area contributed by atoms with E-state index in [4.69, 9.17) is 16.3 Å². The predicted octanol–water partition coefficient (Wildman–Crippen LogP) is 3.90. The lowest BCUT2D eigenvalue weighted by molar-refractivity contribution is -0.139. The van der Waals surface area contributed by atoms with Crippen LogP contribution in [-0.2, 0) is 27.8 Å². The van der Waals surface area contributed by atoms with Gasteiger partial charge in [0.05, 0.1) is 17.8 Å². The van der Waals surface area contributed by atoms with Gasteiger partial charge in [0.1, 0.15) is 9.96 Å². The van der Waals surface area contributed by atoms with E-state index in [1.807, 2.05) is 4.90 Å². The van der Waals surface area contributed by atoms with Gasteiger partial charge in [0.15, 0.2) is 0 Å². The van der Waals surface area contributed by atoms with Crippen LogP contribution in [0.3, 0.4) is 0 Å². The average Bonchev–Trinajstić information content (AvgIpc) is 3.04. The van der Waals surface area contributed by atoms with Crippen molar-refractivity contribution in [1.29, 1.82) is 0 Å². The smallest absolute Gasteiger partial charge is 0.271 e. The standard InChI is InChI=1S/C19H21ClN2O4S2/c1-26-16-6-5-14(10-15(16)20)21-28(24,25)18-9-13-11-22(8-7-17(13)27-18)19(23)12-3-2-4-12/h5-6,9-10,12,21H,2-4,7-8,11H2,1H3. The molecule has 28 heavy (non-hydrogen) atoms. The highest BCUT2D eigenvalue weighted by molar-refractivity contribution is 7.94. The third kappa shape index (κ3) is 3.73. The maximum Gasteiger partial charge on any atom is 0.271 e. The zero-order chi connectivity index (χ0) is 19.9. The number of hydrogen-bond donors (Lipinski definition) is 1. The molecule has 1 N–H and O–H groups in total. The molecule has 1 fully saturated rings. The molecule has 0 saturated heterocycles. The highest BCUT2D eigenvalue weighted by Crippen LogP contribution is 2.35. The van der Waals surface area contributed by atoms with Gasteiger partial charge in [0.25, 0.3) is 10.0 Å². The van der Waals surface area contributed by atoms with Gasteiger partial charge >= 0.3 is 0 Å². The lowest BCUT2D eigenvalue weighted by Crippen LogP contribution is -2.41. The van der Waals surface area contributed by atoms with Crippen molar-refractivity contribution in [2.45, 2.75) is 36.4 Å². The predicted molar refractivity (Wildman–Crippen MR) is 110 cm³/mol. The summed E-state index contributed by atoms with van der Waals surface area (Å²) >= 11 is 7.35. The number of carbonyl (C=O) groups is 1. The van der Waals surface area contributed by atoms with Gasteiger partial charge in [-0.05, 0) is 49.1 Å². The minimum Gasteiger partial charge on any atom is -0.495 e. The number of fused-ring (bicyclic) bond motifs is 1. The maximum absolute atomic E-state index is 12.8. The molecule has 1 amide bonds. The molecule has 6 nitrogen and oxygen atoms in total. The van der Waals surface area contributed by atoms with Gasteiger partial charge in [-0.15, -0.1) is 11.3 Å². The molecular formula is C19H21ClN2O4S2. The first-order valence-electron chi connectivity index (χ1n) is 9.14. The molecule has 0 unspecified atom stereocenters. The number of amides is 1. The fraction of sp³-hybridized carbons (Fsp3) is 0.421. The maximum atomic E-state index is 12.8. The van der Waals surface area contributed by atoms with Crippen LogP contribution in [0.2, 0.25) is 5.02 Å². The number of nitrogens with one attached hydrogen (secondary N) is 1. The van der Waals surface area contributed by atoms with E-state index in [0.29, 0.717) is 36.0 Å². The van der Waals surface area contributed by atoms with Gasteiger partial charge in [-0.2, -0.15) is 0 Å². The zero-order valence-corrected chi connectivity index (χ0v) is 17.8. The molecule has 1 aromatic carbocycles. The summed E-state index contributed by atoms with van der Waals surface area (Å²) in [5.41, 5.74) is 1.30. The summed E-state index contributed by atoms with van der Waals surface area (Å²) in [6, 6.07) is 6.43. The van der Waals surface area contributed by atoms with Crippen molar-refractivity contribution < 1.29 is 17.9 Å². The Hall–Kier alpha value is -1.77. The Morgan fingerprint density at radius 2 is 2.11 bits per heavy atom. The number of carbonyl (C=O) groups excluding carboxylic acids is 1. The molecule has 1 aliphatic carbocycles. The van der Waals surface area contributed by atoms with Gasteiger partial charge in [0.2, 0.25) is 5.91 Å². The van der Waals surface area contributed by atoms with Crippen molar-refractivity contribution in [2.24, 2.45) is 5.92 Å². The Labute approximate surface area is 173 Å². The van der Waals surface area contributed by atoms with Crippen LogP contribution in [0.5, 0.6) is 5.75 Å². The van der Waals surface area contributed by atoms with Crippen LogP contribution in [0, 0.1) is 5.92 Å². The van der Waals surface area contributed by atoms with Crippen molar-refractivity contribution in [1.82, 2.24) is 4.90 Å². The molecule has 9 heteroatoms. The highest BCUT2D eigenvalue weighted by Gasteiger charge is 2.32. The molecular weight excluding hydrogens is 420 g/mol. The van der Waals surface area contributed by atoms with Gasteiger partial charge in [-0.3, -0.25) is 9.52 Å². The van der Waals surface area contributed by atoms with Gasteiger partial charge in [-0.25, -0.2) is 8.42 Å². The molecule has 150 valence electrons. The van der Waals surface area contributed by atoms with Crippen molar-refractivity contribution in [2.75, 3.05) is 18.4 Å². The molecule has 1 aromatic heterocycles. The van der Waals surface area contributed by atoms with E-state index >= 15 is 0 Å². The monoisotopic (exact) mass is 440 g/mol. The minimum atomic E-state index is -3.73. The van der Waals surface area contributed by atoms with Crippen LogP contribution in [0.4, 0.5) is 5.69 Å². The fourth-order valence-electron chi connectivity index (χ4n) is 3.48. The third-order valence-electron chi connectivity index (χ3n) is 5.28. The Balaban J connectivity index is 1.51. The average molecular weight is 441 g/mol. The normalized spacial score (nSPS) is 17.0. The number of thiophene rings is 1. The van der Waals surface area contributed by atoms with E-state index in [2.05, 4.69) is 4.72 Å². The van der Waals surface area contributed by atoms with E-state index in [9.17, 15) is 13.2 Å². The van der Waals surface area contributed by atoms with Crippen LogP contribution < -0.4 is 9.46 Å². The van der Waals surface area contributed by atoms with Crippen LogP contribution >= 0.6 is 22.9 Å². The number of hydrogen-bond acceptors (Lipinski definition) is 5. The summed E-state index contributed by atoms with van der Waals surface area (Å²) in [5.74, 6) is 0.843. The first-order valence-corrected chi connectivity index (χ1v) is 11.8. The van der Waals surface area contributed by atoms with Crippen molar-refractivity contribution in [3.63, 3.8) is 0 Å². The molecule has 0 spiro atoms. The Morgan fingerprint density at radius 1 is 1.32 bits per heavy atom. The summed E-state index contributed by atoms with van der Waals surface area (Å²) in [7, 11) is -2.23. The number of rotatable bonds is 5. The number of nitrogens with zero attached hydrogens (tertiary/aromatic N) is 1. The second-order valence-corrected chi connectivity index (χ2v) is 10.6. The second kappa shape index (κ2) is 7.57. The van der Waals surface area contributed by atoms with Crippen LogP contribution in [0.15, 0.2) is 28.5 Å². The number of halogens is 1. The van der Waals surface area contributed by atoms with Gasteiger partial charge in [0, 0.05) is 23.9 Å². The largest absolute Gasteiger partial charge is 0.495 e. The number of anilines is 1. The fourth-order valence-corrected chi connectivity index (χ4v) is 6.33. The summed E-state index contributed by atoms with van der Waals surface area (Å²) in [4.78, 5) is 15.4. The second-order valence-electron chi connectivity index (χ2n) is 7.11. The Kier molecular flexibility index (Phi) is 5.28. The first kappa shape index (κ1) is 19.5. The van der Waals surface area contributed by atoms with Crippen molar-refractivity contribution in [3.05, 3.63) is 39.7 Å². The molecule has 2 aliphatic rings. The molecule has 4 rings (SSSR count). The minimum absolute atomic E-state index is 0.157. The molecule has 0 atom stereocenters. The topological polar surface area (TPSA) is 75.7 Å². The molecule has 1 saturated carbocycles. The summed E-state index contributed by atoms with van der Waals surface area (Å²) in [5, 5.41) is 0.332. The quantitative estimate of drug-likeness (QED) is 0.765. The van der Waals surface area contributed by atoms with Crippen molar-refractivity contribution >= 4 is 44.6 Å². The molecule has 0 radical (unpaired) electrons. The summed E-state index contributed by atoms with van der Waals surface area (Å²) in [6.07, 6.45) is 3.76. The van der Waals surface area contributed by atoms with Crippen LogP contribution in [-0.4, -0.2) is 32.9 Å².